The molecule has 0 aliphatic carbocycles. The zero-order chi connectivity index (χ0) is 17.8. The molecule has 0 aromatic heterocycles. The van der Waals surface area contributed by atoms with Gasteiger partial charge in [-0.25, -0.2) is 0 Å². The van der Waals surface area contributed by atoms with Crippen molar-refractivity contribution in [2.24, 2.45) is 10.7 Å². The van der Waals surface area contributed by atoms with Crippen LogP contribution >= 0.6 is 11.6 Å². The molecule has 0 saturated carbocycles. The summed E-state index contributed by atoms with van der Waals surface area (Å²) in [5.41, 5.74) is 3.49. The van der Waals surface area contributed by atoms with E-state index in [9.17, 15) is 26.3 Å². The quantitative estimate of drug-likeness (QED) is 0.382. The number of halogens is 7. The van der Waals surface area contributed by atoms with E-state index in [0.29, 0.717) is 12.1 Å². The second-order valence-corrected chi connectivity index (χ2v) is 4.87. The number of alkyl halides is 6. The first-order chi connectivity index (χ1) is 10.5. The van der Waals surface area contributed by atoms with Gasteiger partial charge in [-0.3, -0.25) is 4.99 Å². The summed E-state index contributed by atoms with van der Waals surface area (Å²) >= 11 is 5.74. The first-order valence-corrected chi connectivity index (χ1v) is 6.51. The van der Waals surface area contributed by atoms with E-state index in [-0.39, 0.29) is 35.5 Å². The van der Waals surface area contributed by atoms with Gasteiger partial charge >= 0.3 is 12.4 Å². The van der Waals surface area contributed by atoms with Crippen LogP contribution < -0.4 is 5.73 Å². The van der Waals surface area contributed by atoms with E-state index < -0.39 is 23.8 Å². The molecule has 10 heteroatoms. The second-order valence-electron chi connectivity index (χ2n) is 4.46. The van der Waals surface area contributed by atoms with E-state index in [1.807, 2.05) is 0 Å². The van der Waals surface area contributed by atoms with Gasteiger partial charge in [-0.15, -0.1) is 0 Å². The normalized spacial score (nSPS) is 13.0. The average Bonchev–Trinajstić information content (AvgIpc) is 2.41. The number of hydrogen-bond acceptors (Lipinski definition) is 2. The van der Waals surface area contributed by atoms with Crippen molar-refractivity contribution >= 4 is 17.4 Å². The standard InChI is InChI=1S/C13H10ClF6N3/c14-10-5-8(12(15,16)17)4-7(6-21)9(10)2-1-3-23-11(22)13(18,19)20/h4-5H,1-3H2,(H2,22,23). The summed E-state index contributed by atoms with van der Waals surface area (Å²) in [5, 5.41) is 8.64. The highest BCUT2D eigenvalue weighted by molar-refractivity contribution is 6.31. The van der Waals surface area contributed by atoms with Gasteiger partial charge in [-0.05, 0) is 30.5 Å². The summed E-state index contributed by atoms with van der Waals surface area (Å²) in [4.78, 5) is 3.12. The molecular weight excluding hydrogens is 348 g/mol. The van der Waals surface area contributed by atoms with Crippen molar-refractivity contribution in [2.45, 2.75) is 25.2 Å². The Labute approximate surface area is 132 Å². The van der Waals surface area contributed by atoms with Crippen molar-refractivity contribution in [1.82, 2.24) is 0 Å². The topological polar surface area (TPSA) is 62.2 Å². The third-order valence-corrected chi connectivity index (χ3v) is 3.14. The zero-order valence-electron chi connectivity index (χ0n) is 11.4. The Balaban J connectivity index is 2.89. The highest BCUT2D eigenvalue weighted by Gasteiger charge is 2.33. The number of nitrogens with two attached hydrogens (primary N) is 1. The molecule has 0 amide bonds. The number of benzene rings is 1. The molecule has 2 N–H and O–H groups in total. The van der Waals surface area contributed by atoms with Gasteiger partial charge in [0.2, 0.25) is 5.84 Å². The molecule has 126 valence electrons. The van der Waals surface area contributed by atoms with Crippen molar-refractivity contribution in [2.75, 3.05) is 6.54 Å². The zero-order valence-corrected chi connectivity index (χ0v) is 12.1. The molecular formula is C13H10ClF6N3. The lowest BCUT2D eigenvalue weighted by molar-refractivity contribution is -0.137. The molecule has 0 spiro atoms. The molecule has 0 radical (unpaired) electrons. The molecule has 0 unspecified atom stereocenters. The lowest BCUT2D eigenvalue weighted by Crippen LogP contribution is -2.31. The molecule has 0 atom stereocenters. The first kappa shape index (κ1) is 19.1. The highest BCUT2D eigenvalue weighted by Crippen LogP contribution is 2.34. The maximum Gasteiger partial charge on any atom is 0.448 e. The van der Waals surface area contributed by atoms with Crippen molar-refractivity contribution < 1.29 is 26.3 Å². The van der Waals surface area contributed by atoms with Crippen LogP contribution in [0.1, 0.15) is 23.1 Å². The van der Waals surface area contributed by atoms with Crippen LogP contribution in [0.4, 0.5) is 26.3 Å². The molecule has 0 fully saturated rings. The van der Waals surface area contributed by atoms with Crippen molar-refractivity contribution in [1.29, 1.82) is 5.26 Å². The van der Waals surface area contributed by atoms with Crippen LogP contribution in [0.5, 0.6) is 0 Å². The van der Waals surface area contributed by atoms with Crippen LogP contribution in [-0.2, 0) is 12.6 Å². The second kappa shape index (κ2) is 7.08. The van der Waals surface area contributed by atoms with Crippen molar-refractivity contribution in [3.05, 3.63) is 33.8 Å². The average molecular weight is 358 g/mol. The Morgan fingerprint density at radius 3 is 2.30 bits per heavy atom. The van der Waals surface area contributed by atoms with Crippen LogP contribution in [0.2, 0.25) is 5.02 Å². The maximum atomic E-state index is 12.6. The molecule has 3 nitrogen and oxygen atoms in total. The summed E-state index contributed by atoms with van der Waals surface area (Å²) in [7, 11) is 0. The van der Waals surface area contributed by atoms with Gasteiger partial charge in [0.05, 0.1) is 17.2 Å². The first-order valence-electron chi connectivity index (χ1n) is 6.13. The van der Waals surface area contributed by atoms with Crippen molar-refractivity contribution in [3.63, 3.8) is 0 Å². The summed E-state index contributed by atoms with van der Waals surface area (Å²) < 4.78 is 74.2. The van der Waals surface area contributed by atoms with Crippen molar-refractivity contribution in [3.8, 4) is 6.07 Å². The highest BCUT2D eigenvalue weighted by atomic mass is 35.5. The minimum atomic E-state index is -4.73. The molecule has 1 aromatic rings. The smallest absolute Gasteiger partial charge is 0.380 e. The summed E-state index contributed by atoms with van der Waals surface area (Å²) in [6, 6.07) is 2.92. The molecule has 0 heterocycles. The SMILES string of the molecule is N#Cc1cc(C(F)(F)F)cc(Cl)c1CCCN=C(N)C(F)(F)F. The van der Waals surface area contributed by atoms with E-state index in [4.69, 9.17) is 22.6 Å². The lowest BCUT2D eigenvalue weighted by atomic mass is 10.0. The van der Waals surface area contributed by atoms with Gasteiger partial charge in [0.15, 0.2) is 0 Å². The van der Waals surface area contributed by atoms with Crippen LogP contribution in [0, 0.1) is 11.3 Å². The minimum Gasteiger partial charge on any atom is -0.380 e. The van der Waals surface area contributed by atoms with Crippen LogP contribution in [0.3, 0.4) is 0 Å². The summed E-state index contributed by atoms with van der Waals surface area (Å²) in [6.45, 7) is -0.298. The molecule has 1 rings (SSSR count). The number of nitrogens with zero attached hydrogens (tertiary/aromatic N) is 2. The Hall–Kier alpha value is -1.95. The van der Waals surface area contributed by atoms with Gasteiger partial charge in [-0.2, -0.15) is 31.6 Å². The third-order valence-electron chi connectivity index (χ3n) is 2.80. The van der Waals surface area contributed by atoms with E-state index in [0.717, 1.165) is 0 Å². The maximum absolute atomic E-state index is 12.6. The fourth-order valence-corrected chi connectivity index (χ4v) is 2.01. The van der Waals surface area contributed by atoms with E-state index >= 15 is 0 Å². The lowest BCUT2D eigenvalue weighted by Gasteiger charge is -2.12. The molecule has 1 aromatic carbocycles. The third kappa shape index (κ3) is 5.32. The Morgan fingerprint density at radius 1 is 1.22 bits per heavy atom. The number of aliphatic imine (C=N–C) groups is 1. The van der Waals surface area contributed by atoms with E-state index in [1.165, 1.54) is 0 Å². The van der Waals surface area contributed by atoms with Crippen LogP contribution in [0.15, 0.2) is 17.1 Å². The van der Waals surface area contributed by atoms with E-state index in [2.05, 4.69) is 4.99 Å². The molecule has 0 aliphatic rings. The predicted octanol–water partition coefficient (Wildman–Crippen LogP) is 4.08. The Morgan fingerprint density at radius 2 is 1.83 bits per heavy atom. The van der Waals surface area contributed by atoms with Crippen LogP contribution in [-0.4, -0.2) is 18.6 Å². The number of rotatable bonds is 4. The fraction of sp³-hybridized carbons (Fsp3) is 0.385. The number of nitriles is 1. The largest absolute Gasteiger partial charge is 0.448 e. The summed E-state index contributed by atoms with van der Waals surface area (Å²) in [5.74, 6) is -1.49. The van der Waals surface area contributed by atoms with Gasteiger partial charge in [-0.1, -0.05) is 11.6 Å². The fourth-order valence-electron chi connectivity index (χ4n) is 1.70. The monoisotopic (exact) mass is 357 g/mol. The van der Waals surface area contributed by atoms with Gasteiger partial charge < -0.3 is 5.73 Å². The Kier molecular flexibility index (Phi) is 5.88. The van der Waals surface area contributed by atoms with E-state index in [1.54, 1.807) is 6.07 Å². The molecule has 23 heavy (non-hydrogen) atoms. The van der Waals surface area contributed by atoms with Gasteiger partial charge in [0, 0.05) is 11.6 Å². The van der Waals surface area contributed by atoms with Crippen LogP contribution in [0.25, 0.3) is 0 Å². The Bertz CT molecular complexity index is 643. The number of amidine groups is 1. The molecule has 0 saturated heterocycles. The molecule has 0 bridgehead atoms. The van der Waals surface area contributed by atoms with Gasteiger partial charge in [0.25, 0.3) is 0 Å². The number of hydrogen-bond donors (Lipinski definition) is 1. The van der Waals surface area contributed by atoms with Gasteiger partial charge in [0.1, 0.15) is 0 Å². The molecule has 0 aliphatic heterocycles. The predicted molar refractivity (Wildman–Crippen MR) is 72.0 cm³/mol. The summed E-state index contributed by atoms with van der Waals surface area (Å²) in [6.07, 6.45) is -9.35. The minimum absolute atomic E-state index is 0.00546.